The molecule has 10 heteroatoms. The standard InChI is InChI=1S/C20H15NO7S2/c1-27-14-3-4-15(28-2)10(8-14)9-16-17(22)21(20(29)30-16)13-6-11(18(23)24)5-12(7-13)19(25)26/h3-9H,1-2H3,(H,23,24)(H,25,26)/p-2/b16-9-. The van der Waals surface area contributed by atoms with E-state index < -0.39 is 29.0 Å². The molecule has 8 nitrogen and oxygen atoms in total. The number of hydrogen-bond acceptors (Lipinski definition) is 9. The van der Waals surface area contributed by atoms with E-state index in [0.29, 0.717) is 17.1 Å². The molecule has 1 amide bonds. The molecule has 1 fully saturated rings. The summed E-state index contributed by atoms with van der Waals surface area (Å²) in [4.78, 5) is 36.8. The van der Waals surface area contributed by atoms with Crippen LogP contribution in [0.4, 0.5) is 5.69 Å². The number of aromatic carboxylic acids is 2. The smallest absolute Gasteiger partial charge is 0.270 e. The summed E-state index contributed by atoms with van der Waals surface area (Å²) in [5.41, 5.74) is -0.283. The first-order chi connectivity index (χ1) is 14.2. The van der Waals surface area contributed by atoms with Crippen LogP contribution in [0.5, 0.6) is 11.5 Å². The highest BCUT2D eigenvalue weighted by atomic mass is 32.2. The third-order valence-electron chi connectivity index (χ3n) is 4.16. The fourth-order valence-corrected chi connectivity index (χ4v) is 4.05. The number of carboxylic acid groups (broad SMARTS) is 2. The predicted molar refractivity (Wildman–Crippen MR) is 110 cm³/mol. The minimum Gasteiger partial charge on any atom is -0.545 e. The summed E-state index contributed by atoms with van der Waals surface area (Å²) in [5.74, 6) is -2.69. The summed E-state index contributed by atoms with van der Waals surface area (Å²) in [7, 11) is 2.99. The number of amides is 1. The fraction of sp³-hybridized carbons (Fsp3) is 0.100. The van der Waals surface area contributed by atoms with Crippen LogP contribution in [-0.2, 0) is 4.79 Å². The number of rotatable bonds is 6. The van der Waals surface area contributed by atoms with Gasteiger partial charge in [-0.1, -0.05) is 24.0 Å². The number of hydrogen-bond donors (Lipinski definition) is 0. The Morgan fingerprint density at radius 2 is 1.67 bits per heavy atom. The minimum absolute atomic E-state index is 0.0144. The van der Waals surface area contributed by atoms with Crippen molar-refractivity contribution >= 4 is 57.9 Å². The Bertz CT molecular complexity index is 1080. The van der Waals surface area contributed by atoms with Gasteiger partial charge in [-0.3, -0.25) is 9.69 Å². The van der Waals surface area contributed by atoms with Gasteiger partial charge in [0, 0.05) is 5.56 Å². The Hall–Kier alpha value is -3.37. The van der Waals surface area contributed by atoms with Crippen LogP contribution in [0, 0.1) is 0 Å². The zero-order chi connectivity index (χ0) is 22.0. The van der Waals surface area contributed by atoms with E-state index in [0.717, 1.165) is 34.9 Å². The topological polar surface area (TPSA) is 119 Å². The summed E-state index contributed by atoms with van der Waals surface area (Å²) in [5, 5.41) is 22.5. The monoisotopic (exact) mass is 443 g/mol. The highest BCUT2D eigenvalue weighted by Crippen LogP contribution is 2.38. The Morgan fingerprint density at radius 1 is 1.03 bits per heavy atom. The molecule has 1 saturated heterocycles. The summed E-state index contributed by atoms with van der Waals surface area (Å²) in [6.07, 6.45) is 1.56. The number of anilines is 1. The first-order valence-electron chi connectivity index (χ1n) is 8.33. The number of carbonyl (C=O) groups is 3. The SMILES string of the molecule is COc1ccc(OC)c(/C=C2\SC(=S)N(c3cc(C(=O)[O-])cc(C(=O)[O-])c3)C2=O)c1. The second-order valence-electron chi connectivity index (χ2n) is 5.97. The van der Waals surface area contributed by atoms with Crippen molar-refractivity contribution in [3.8, 4) is 11.5 Å². The number of nitrogens with zero attached hydrogens (tertiary/aromatic N) is 1. The third kappa shape index (κ3) is 4.14. The summed E-state index contributed by atoms with van der Waals surface area (Å²) in [6, 6.07) is 8.18. The van der Waals surface area contributed by atoms with Gasteiger partial charge in [-0.15, -0.1) is 0 Å². The number of carboxylic acids is 2. The third-order valence-corrected chi connectivity index (χ3v) is 5.47. The van der Waals surface area contributed by atoms with Gasteiger partial charge in [0.25, 0.3) is 5.91 Å². The van der Waals surface area contributed by atoms with E-state index in [2.05, 4.69) is 0 Å². The molecule has 2 aromatic rings. The van der Waals surface area contributed by atoms with Crippen molar-refractivity contribution in [3.63, 3.8) is 0 Å². The highest BCUT2D eigenvalue weighted by molar-refractivity contribution is 8.27. The summed E-state index contributed by atoms with van der Waals surface area (Å²) in [6.45, 7) is 0. The van der Waals surface area contributed by atoms with Crippen LogP contribution in [0.2, 0.25) is 0 Å². The second kappa shape index (κ2) is 8.56. The number of ether oxygens (including phenoxy) is 2. The lowest BCUT2D eigenvalue weighted by atomic mass is 10.1. The maximum absolute atomic E-state index is 13.0. The molecule has 1 aliphatic rings. The Labute approximate surface area is 180 Å². The molecule has 0 atom stereocenters. The van der Waals surface area contributed by atoms with Gasteiger partial charge in [-0.2, -0.15) is 0 Å². The van der Waals surface area contributed by atoms with E-state index in [9.17, 15) is 24.6 Å². The Kier molecular flexibility index (Phi) is 6.09. The summed E-state index contributed by atoms with van der Waals surface area (Å²) >= 11 is 6.24. The molecule has 0 spiro atoms. The Morgan fingerprint density at radius 3 is 2.20 bits per heavy atom. The molecule has 1 heterocycles. The molecule has 0 bridgehead atoms. The molecule has 30 heavy (non-hydrogen) atoms. The lowest BCUT2D eigenvalue weighted by Crippen LogP contribution is -2.30. The van der Waals surface area contributed by atoms with Crippen molar-refractivity contribution in [1.82, 2.24) is 0 Å². The van der Waals surface area contributed by atoms with Crippen LogP contribution >= 0.6 is 24.0 Å². The first-order valence-corrected chi connectivity index (χ1v) is 9.55. The van der Waals surface area contributed by atoms with Crippen LogP contribution in [-0.4, -0.2) is 36.4 Å². The van der Waals surface area contributed by atoms with Gasteiger partial charge in [-0.25, -0.2) is 0 Å². The average molecular weight is 443 g/mol. The van der Waals surface area contributed by atoms with Crippen LogP contribution in [0.3, 0.4) is 0 Å². The first kappa shape index (κ1) is 21.3. The van der Waals surface area contributed by atoms with Gasteiger partial charge in [0.2, 0.25) is 0 Å². The summed E-state index contributed by atoms with van der Waals surface area (Å²) < 4.78 is 10.6. The van der Waals surface area contributed by atoms with E-state index >= 15 is 0 Å². The van der Waals surface area contributed by atoms with E-state index in [1.165, 1.54) is 14.2 Å². The number of methoxy groups -OCH3 is 2. The number of thiocarbonyl (C=S) groups is 1. The average Bonchev–Trinajstić information content (AvgIpc) is 3.00. The minimum atomic E-state index is -1.60. The zero-order valence-corrected chi connectivity index (χ0v) is 17.3. The maximum Gasteiger partial charge on any atom is 0.270 e. The predicted octanol–water partition coefficient (Wildman–Crippen LogP) is 0.837. The van der Waals surface area contributed by atoms with E-state index in [1.54, 1.807) is 24.3 Å². The van der Waals surface area contributed by atoms with E-state index in [4.69, 9.17) is 21.7 Å². The molecule has 1 aliphatic heterocycles. The number of thioether (sulfide) groups is 1. The molecule has 0 unspecified atom stereocenters. The molecular formula is C20H13NO7S2-2. The van der Waals surface area contributed by atoms with Gasteiger partial charge in [0.1, 0.15) is 11.5 Å². The maximum atomic E-state index is 13.0. The van der Waals surface area contributed by atoms with Crippen LogP contribution in [0.1, 0.15) is 26.3 Å². The van der Waals surface area contributed by atoms with Crippen molar-refractivity contribution in [1.29, 1.82) is 0 Å². The lowest BCUT2D eigenvalue weighted by molar-refractivity contribution is -0.255. The van der Waals surface area contributed by atoms with Crippen molar-refractivity contribution in [2.45, 2.75) is 0 Å². The second-order valence-corrected chi connectivity index (χ2v) is 7.64. The van der Waals surface area contributed by atoms with E-state index in [-0.39, 0.29) is 14.9 Å². The molecule has 0 aromatic heterocycles. The fourth-order valence-electron chi connectivity index (χ4n) is 2.76. The van der Waals surface area contributed by atoms with Gasteiger partial charge >= 0.3 is 0 Å². The van der Waals surface area contributed by atoms with Crippen LogP contribution < -0.4 is 24.6 Å². The van der Waals surface area contributed by atoms with Crippen LogP contribution in [0.25, 0.3) is 6.08 Å². The van der Waals surface area contributed by atoms with Crippen LogP contribution in [0.15, 0.2) is 41.3 Å². The van der Waals surface area contributed by atoms with Gasteiger partial charge in [0.15, 0.2) is 4.32 Å². The van der Waals surface area contributed by atoms with Crippen molar-refractivity contribution in [2.24, 2.45) is 0 Å². The molecule has 0 radical (unpaired) electrons. The number of benzene rings is 2. The largest absolute Gasteiger partial charge is 0.545 e. The molecule has 0 saturated carbocycles. The van der Waals surface area contributed by atoms with Crippen molar-refractivity contribution in [3.05, 3.63) is 58.0 Å². The van der Waals surface area contributed by atoms with Gasteiger partial charge in [0.05, 0.1) is 36.8 Å². The van der Waals surface area contributed by atoms with Crippen molar-refractivity contribution < 1.29 is 34.1 Å². The number of carbonyl (C=O) groups excluding carboxylic acids is 3. The zero-order valence-electron chi connectivity index (χ0n) is 15.7. The molecular weight excluding hydrogens is 430 g/mol. The highest BCUT2D eigenvalue weighted by Gasteiger charge is 2.34. The Balaban J connectivity index is 2.05. The molecule has 0 aliphatic carbocycles. The normalized spacial score (nSPS) is 14.9. The molecule has 0 N–H and O–H groups in total. The molecule has 154 valence electrons. The van der Waals surface area contributed by atoms with Gasteiger partial charge in [-0.05, 0) is 53.6 Å². The van der Waals surface area contributed by atoms with Gasteiger partial charge < -0.3 is 29.3 Å². The van der Waals surface area contributed by atoms with E-state index in [1.807, 2.05) is 0 Å². The molecule has 2 aromatic carbocycles. The quantitative estimate of drug-likeness (QED) is 0.472. The van der Waals surface area contributed by atoms with Crippen molar-refractivity contribution in [2.75, 3.05) is 19.1 Å². The molecule has 3 rings (SSSR count). The lowest BCUT2D eigenvalue weighted by Gasteiger charge is -2.18.